The number of halogens is 1. The molecule has 0 saturated heterocycles. The smallest absolute Gasteiger partial charge is 0.0277 e. The molecule has 0 unspecified atom stereocenters. The van der Waals surface area contributed by atoms with Crippen molar-refractivity contribution in [3.05, 3.63) is 35.4 Å². The monoisotopic (exact) mass is 304 g/mol. The van der Waals surface area contributed by atoms with Crippen LogP contribution >= 0.6 is 15.9 Å². The van der Waals surface area contributed by atoms with Crippen molar-refractivity contribution in [3.63, 3.8) is 0 Å². The third kappa shape index (κ3) is 3.39. The highest BCUT2D eigenvalue weighted by atomic mass is 79.9. The average Bonchev–Trinajstić information content (AvgIpc) is 2.45. The minimum atomic E-state index is 0.586. The van der Waals surface area contributed by atoms with Crippen LogP contribution in [0.4, 0.5) is 0 Å². The van der Waals surface area contributed by atoms with Crippen molar-refractivity contribution < 1.29 is 0 Å². The quantitative estimate of drug-likeness (QED) is 0.544. The van der Waals surface area contributed by atoms with Crippen LogP contribution in [-0.4, -0.2) is 5.33 Å². The maximum atomic E-state index is 3.64. The molecule has 18 heavy (non-hydrogen) atoms. The Morgan fingerprint density at radius 2 is 2.00 bits per heavy atom. The van der Waals surface area contributed by atoms with Gasteiger partial charge in [0.1, 0.15) is 0 Å². The van der Waals surface area contributed by atoms with Crippen LogP contribution in [0.3, 0.4) is 0 Å². The molecule has 0 spiro atoms. The maximum Gasteiger partial charge on any atom is 0.0277 e. The Morgan fingerprint density at radius 3 is 2.78 bits per heavy atom. The minimum absolute atomic E-state index is 0.586. The Kier molecular flexibility index (Phi) is 5.32. The van der Waals surface area contributed by atoms with Crippen molar-refractivity contribution in [2.24, 2.45) is 11.8 Å². The molecule has 2 atom stereocenters. The lowest BCUT2D eigenvalue weighted by Gasteiger charge is -2.26. The SMILES string of the molecule is CCc1ccccc1C#C[C@@H]1CCCC[C@@H]1CBr. The van der Waals surface area contributed by atoms with E-state index in [1.54, 1.807) is 0 Å². The van der Waals surface area contributed by atoms with Gasteiger partial charge < -0.3 is 0 Å². The number of hydrogen-bond acceptors (Lipinski definition) is 0. The van der Waals surface area contributed by atoms with Crippen molar-refractivity contribution in [1.29, 1.82) is 0 Å². The molecule has 1 aliphatic carbocycles. The molecule has 1 heteroatoms. The van der Waals surface area contributed by atoms with Crippen LogP contribution in [0.5, 0.6) is 0 Å². The Balaban J connectivity index is 2.15. The van der Waals surface area contributed by atoms with Gasteiger partial charge in [0.2, 0.25) is 0 Å². The number of hydrogen-bond donors (Lipinski definition) is 0. The summed E-state index contributed by atoms with van der Waals surface area (Å²) in [6, 6.07) is 8.53. The second-order valence-electron chi connectivity index (χ2n) is 5.09. The van der Waals surface area contributed by atoms with Gasteiger partial charge in [0.15, 0.2) is 0 Å². The zero-order valence-corrected chi connectivity index (χ0v) is 12.7. The second kappa shape index (κ2) is 7.00. The summed E-state index contributed by atoms with van der Waals surface area (Å²) in [5, 5.41) is 1.10. The fraction of sp³-hybridized carbons (Fsp3) is 0.529. The number of rotatable bonds is 2. The lowest BCUT2D eigenvalue weighted by atomic mass is 9.81. The highest BCUT2D eigenvalue weighted by Gasteiger charge is 2.22. The predicted octanol–water partition coefficient (Wildman–Crippen LogP) is 4.80. The largest absolute Gasteiger partial charge is 0.0942 e. The first kappa shape index (κ1) is 13.7. The van der Waals surface area contributed by atoms with Crippen LogP contribution in [0.2, 0.25) is 0 Å². The molecule has 1 fully saturated rings. The molecule has 1 aromatic rings. The standard InChI is InChI=1S/C17H21Br/c1-2-14-7-3-4-8-15(14)11-12-16-9-5-6-10-17(16)13-18/h3-4,7-8,16-17H,2,5-6,9-10,13H2,1H3/t16-,17+/m0/s1. The second-order valence-corrected chi connectivity index (χ2v) is 5.73. The molecule has 0 radical (unpaired) electrons. The normalized spacial score (nSPS) is 23.2. The first-order valence-electron chi connectivity index (χ1n) is 7.00. The van der Waals surface area contributed by atoms with Gasteiger partial charge in [-0.05, 0) is 36.8 Å². The van der Waals surface area contributed by atoms with Crippen LogP contribution in [0.15, 0.2) is 24.3 Å². The van der Waals surface area contributed by atoms with Gasteiger partial charge in [0.25, 0.3) is 0 Å². The van der Waals surface area contributed by atoms with E-state index in [-0.39, 0.29) is 0 Å². The summed E-state index contributed by atoms with van der Waals surface area (Å²) >= 11 is 3.64. The van der Waals surface area contributed by atoms with Gasteiger partial charge >= 0.3 is 0 Å². The van der Waals surface area contributed by atoms with Crippen LogP contribution in [0.1, 0.15) is 43.7 Å². The fourth-order valence-corrected chi connectivity index (χ4v) is 3.48. The number of alkyl halides is 1. The summed E-state index contributed by atoms with van der Waals surface area (Å²) in [7, 11) is 0. The topological polar surface area (TPSA) is 0 Å². The van der Waals surface area contributed by atoms with Crippen LogP contribution in [-0.2, 0) is 6.42 Å². The van der Waals surface area contributed by atoms with Crippen LogP contribution in [0.25, 0.3) is 0 Å². The number of benzene rings is 1. The van der Waals surface area contributed by atoms with E-state index in [1.165, 1.54) is 36.8 Å². The lowest BCUT2D eigenvalue weighted by molar-refractivity contribution is 0.323. The lowest BCUT2D eigenvalue weighted by Crippen LogP contribution is -2.19. The summed E-state index contributed by atoms with van der Waals surface area (Å²) in [4.78, 5) is 0. The molecular formula is C17H21Br. The molecule has 0 bridgehead atoms. The molecule has 1 aliphatic rings. The molecule has 2 rings (SSSR count). The Hall–Kier alpha value is -0.740. The molecule has 0 amide bonds. The highest BCUT2D eigenvalue weighted by Crippen LogP contribution is 2.30. The fourth-order valence-electron chi connectivity index (χ4n) is 2.70. The van der Waals surface area contributed by atoms with Gasteiger partial charge in [0, 0.05) is 16.8 Å². The zero-order chi connectivity index (χ0) is 12.8. The van der Waals surface area contributed by atoms with Gasteiger partial charge in [-0.15, -0.1) is 0 Å². The molecule has 0 aliphatic heterocycles. The van der Waals surface area contributed by atoms with E-state index in [0.717, 1.165) is 17.7 Å². The van der Waals surface area contributed by atoms with Crippen molar-refractivity contribution in [3.8, 4) is 11.8 Å². The first-order chi connectivity index (χ1) is 8.85. The third-order valence-electron chi connectivity index (χ3n) is 3.90. The summed E-state index contributed by atoms with van der Waals surface area (Å²) in [5.41, 5.74) is 2.59. The Labute approximate surface area is 119 Å². The van der Waals surface area contributed by atoms with Gasteiger partial charge in [0.05, 0.1) is 0 Å². The van der Waals surface area contributed by atoms with E-state index < -0.39 is 0 Å². The van der Waals surface area contributed by atoms with E-state index in [4.69, 9.17) is 0 Å². The summed E-state index contributed by atoms with van der Waals surface area (Å²) in [6.07, 6.45) is 6.40. The predicted molar refractivity (Wildman–Crippen MR) is 81.9 cm³/mol. The van der Waals surface area contributed by atoms with Gasteiger partial charge in [-0.25, -0.2) is 0 Å². The molecule has 1 aromatic carbocycles. The van der Waals surface area contributed by atoms with E-state index in [0.29, 0.717) is 5.92 Å². The van der Waals surface area contributed by atoms with E-state index in [1.807, 2.05) is 0 Å². The first-order valence-corrected chi connectivity index (χ1v) is 8.12. The van der Waals surface area contributed by atoms with E-state index >= 15 is 0 Å². The Bertz CT molecular complexity index is 438. The van der Waals surface area contributed by atoms with E-state index in [2.05, 4.69) is 59.0 Å². The molecule has 0 nitrogen and oxygen atoms in total. The molecule has 0 aromatic heterocycles. The zero-order valence-electron chi connectivity index (χ0n) is 11.1. The van der Waals surface area contributed by atoms with Gasteiger partial charge in [-0.1, -0.05) is 65.7 Å². The maximum absolute atomic E-state index is 3.64. The molecule has 0 heterocycles. The van der Waals surface area contributed by atoms with E-state index in [9.17, 15) is 0 Å². The van der Waals surface area contributed by atoms with Gasteiger partial charge in [-0.2, -0.15) is 0 Å². The molecule has 96 valence electrons. The molecular weight excluding hydrogens is 284 g/mol. The number of aryl methyl sites for hydroxylation is 1. The van der Waals surface area contributed by atoms with Crippen LogP contribution < -0.4 is 0 Å². The van der Waals surface area contributed by atoms with Crippen molar-refractivity contribution >= 4 is 15.9 Å². The summed E-state index contributed by atoms with van der Waals surface area (Å²) in [6.45, 7) is 2.20. The summed E-state index contributed by atoms with van der Waals surface area (Å²) < 4.78 is 0. The highest BCUT2D eigenvalue weighted by molar-refractivity contribution is 9.09. The van der Waals surface area contributed by atoms with Crippen LogP contribution in [0, 0.1) is 23.7 Å². The average molecular weight is 305 g/mol. The minimum Gasteiger partial charge on any atom is -0.0942 e. The van der Waals surface area contributed by atoms with Crippen molar-refractivity contribution in [1.82, 2.24) is 0 Å². The summed E-state index contributed by atoms with van der Waals surface area (Å²) in [5.74, 6) is 8.30. The molecule has 1 saturated carbocycles. The van der Waals surface area contributed by atoms with Crippen molar-refractivity contribution in [2.75, 3.05) is 5.33 Å². The van der Waals surface area contributed by atoms with Crippen molar-refractivity contribution in [2.45, 2.75) is 39.0 Å². The Morgan fingerprint density at radius 1 is 1.22 bits per heavy atom. The third-order valence-corrected chi connectivity index (χ3v) is 4.73. The van der Waals surface area contributed by atoms with Gasteiger partial charge in [-0.3, -0.25) is 0 Å². The molecule has 0 N–H and O–H groups in total.